The van der Waals surface area contributed by atoms with Gasteiger partial charge in [0.1, 0.15) is 0 Å². The van der Waals surface area contributed by atoms with Crippen molar-refractivity contribution >= 4 is 11.8 Å². The van der Waals surface area contributed by atoms with Crippen molar-refractivity contribution in [3.8, 4) is 12.3 Å². The molecular formula is C10H14N2O2. The summed E-state index contributed by atoms with van der Waals surface area (Å²) in [6.07, 6.45) is 6.75. The van der Waals surface area contributed by atoms with Crippen molar-refractivity contribution < 1.29 is 9.59 Å². The molecule has 1 aliphatic heterocycles. The van der Waals surface area contributed by atoms with E-state index in [-0.39, 0.29) is 17.7 Å². The fourth-order valence-corrected chi connectivity index (χ4v) is 1.36. The molecule has 0 radical (unpaired) electrons. The third kappa shape index (κ3) is 2.49. The quantitative estimate of drug-likeness (QED) is 0.657. The Morgan fingerprint density at radius 1 is 1.79 bits per heavy atom. The van der Waals surface area contributed by atoms with Gasteiger partial charge < -0.3 is 0 Å². The van der Waals surface area contributed by atoms with Crippen molar-refractivity contribution in [3.63, 3.8) is 0 Å². The molecule has 2 amide bonds. The minimum Gasteiger partial charge on any atom is -0.273 e. The number of hydrazine groups is 1. The largest absolute Gasteiger partial charge is 0.273 e. The molecule has 0 saturated carbocycles. The number of nitrogens with zero attached hydrogens (tertiary/aromatic N) is 1. The summed E-state index contributed by atoms with van der Waals surface area (Å²) in [7, 11) is 0. The maximum absolute atomic E-state index is 11.3. The number of nitrogens with one attached hydrogen (secondary N) is 1. The maximum Gasteiger partial charge on any atom is 0.242 e. The molecule has 4 heteroatoms. The number of carbonyl (C=O) groups excluding carboxylic acids is 2. The van der Waals surface area contributed by atoms with E-state index in [1.54, 1.807) is 0 Å². The Labute approximate surface area is 83.6 Å². The van der Waals surface area contributed by atoms with Gasteiger partial charge in [-0.05, 0) is 6.42 Å². The normalized spacial score (nSPS) is 20.7. The van der Waals surface area contributed by atoms with E-state index in [0.29, 0.717) is 19.4 Å². The second-order valence-corrected chi connectivity index (χ2v) is 3.36. The number of terminal acetylenes is 1. The average molecular weight is 194 g/mol. The van der Waals surface area contributed by atoms with E-state index in [1.807, 2.05) is 6.92 Å². The van der Waals surface area contributed by atoms with E-state index in [4.69, 9.17) is 6.42 Å². The average Bonchev–Trinajstić information content (AvgIpc) is 2.48. The molecule has 0 aromatic carbocycles. The predicted octanol–water partition coefficient (Wildman–Crippen LogP) is 0.299. The molecule has 1 heterocycles. The third-order valence-electron chi connectivity index (χ3n) is 2.10. The molecule has 1 aliphatic rings. The Kier molecular flexibility index (Phi) is 3.52. The number of amides is 2. The summed E-state index contributed by atoms with van der Waals surface area (Å²) in [5.41, 5.74) is 2.54. The van der Waals surface area contributed by atoms with Gasteiger partial charge in [-0.2, -0.15) is 0 Å². The molecule has 76 valence electrons. The number of hydrogen-bond donors (Lipinski definition) is 1. The molecule has 0 aliphatic carbocycles. The molecule has 4 nitrogen and oxygen atoms in total. The fourth-order valence-electron chi connectivity index (χ4n) is 1.36. The van der Waals surface area contributed by atoms with Gasteiger partial charge in [0, 0.05) is 18.8 Å². The van der Waals surface area contributed by atoms with Gasteiger partial charge in [0.05, 0.1) is 6.54 Å². The van der Waals surface area contributed by atoms with Crippen LogP contribution in [0.1, 0.15) is 26.2 Å². The van der Waals surface area contributed by atoms with Crippen molar-refractivity contribution in [2.24, 2.45) is 5.92 Å². The lowest BCUT2D eigenvalue weighted by Crippen LogP contribution is -2.43. The highest BCUT2D eigenvalue weighted by Crippen LogP contribution is 2.14. The second kappa shape index (κ2) is 4.66. The Morgan fingerprint density at radius 2 is 2.50 bits per heavy atom. The molecule has 1 atom stereocenters. The monoisotopic (exact) mass is 194 g/mol. The van der Waals surface area contributed by atoms with Crippen LogP contribution in [0.25, 0.3) is 0 Å². The first-order valence-electron chi connectivity index (χ1n) is 4.73. The van der Waals surface area contributed by atoms with Crippen molar-refractivity contribution in [2.75, 3.05) is 6.54 Å². The summed E-state index contributed by atoms with van der Waals surface area (Å²) in [6.45, 7) is 2.35. The number of carbonyl (C=O) groups is 2. The van der Waals surface area contributed by atoms with Crippen LogP contribution in [-0.4, -0.2) is 23.4 Å². The molecule has 0 aromatic heterocycles. The van der Waals surface area contributed by atoms with E-state index < -0.39 is 0 Å². The van der Waals surface area contributed by atoms with Crippen molar-refractivity contribution in [2.45, 2.75) is 26.2 Å². The van der Waals surface area contributed by atoms with Gasteiger partial charge in [0.15, 0.2) is 0 Å². The standard InChI is InChI=1S/C10H14N2O2/c1-3-5-9(13)11-12-7-8(4-2)6-10(12)14/h2,8H,3,5-7H2,1H3,(H,11,13). The smallest absolute Gasteiger partial charge is 0.242 e. The van der Waals surface area contributed by atoms with Crippen LogP contribution in [-0.2, 0) is 9.59 Å². The SMILES string of the molecule is C#CC1CC(=O)N(NC(=O)CCC)C1. The van der Waals surface area contributed by atoms with Gasteiger partial charge >= 0.3 is 0 Å². The van der Waals surface area contributed by atoms with Gasteiger partial charge in [-0.25, -0.2) is 0 Å². The number of rotatable bonds is 3. The van der Waals surface area contributed by atoms with Crippen LogP contribution in [0.15, 0.2) is 0 Å². The molecule has 1 fully saturated rings. The molecular weight excluding hydrogens is 180 g/mol. The van der Waals surface area contributed by atoms with E-state index in [0.717, 1.165) is 6.42 Å². The van der Waals surface area contributed by atoms with Gasteiger partial charge in [-0.1, -0.05) is 6.92 Å². The van der Waals surface area contributed by atoms with E-state index in [9.17, 15) is 9.59 Å². The highest BCUT2D eigenvalue weighted by molar-refractivity contribution is 5.83. The van der Waals surface area contributed by atoms with Gasteiger partial charge in [-0.15, -0.1) is 12.3 Å². The first kappa shape index (κ1) is 10.6. The lowest BCUT2D eigenvalue weighted by atomic mass is 10.1. The molecule has 14 heavy (non-hydrogen) atoms. The Balaban J connectivity index is 2.43. The molecule has 1 rings (SSSR count). The van der Waals surface area contributed by atoms with Crippen molar-refractivity contribution in [1.29, 1.82) is 0 Å². The van der Waals surface area contributed by atoms with Crippen LogP contribution in [0.3, 0.4) is 0 Å². The maximum atomic E-state index is 11.3. The third-order valence-corrected chi connectivity index (χ3v) is 2.10. The summed E-state index contributed by atoms with van der Waals surface area (Å²) in [4.78, 5) is 22.5. The Bertz CT molecular complexity index is 280. The zero-order chi connectivity index (χ0) is 10.6. The zero-order valence-corrected chi connectivity index (χ0v) is 8.25. The minimum absolute atomic E-state index is 0.0653. The van der Waals surface area contributed by atoms with Gasteiger partial charge in [0.25, 0.3) is 0 Å². The lowest BCUT2D eigenvalue weighted by Gasteiger charge is -2.16. The topological polar surface area (TPSA) is 49.4 Å². The second-order valence-electron chi connectivity index (χ2n) is 3.36. The molecule has 1 saturated heterocycles. The Morgan fingerprint density at radius 3 is 3.00 bits per heavy atom. The van der Waals surface area contributed by atoms with Gasteiger partial charge in [0.2, 0.25) is 11.8 Å². The van der Waals surface area contributed by atoms with Gasteiger partial charge in [-0.3, -0.25) is 20.0 Å². The highest BCUT2D eigenvalue weighted by atomic mass is 16.2. The molecule has 0 aromatic rings. The summed E-state index contributed by atoms with van der Waals surface area (Å²) in [6, 6.07) is 0. The summed E-state index contributed by atoms with van der Waals surface area (Å²) in [5.74, 6) is 2.22. The highest BCUT2D eigenvalue weighted by Gasteiger charge is 2.29. The van der Waals surface area contributed by atoms with Crippen LogP contribution in [0, 0.1) is 18.3 Å². The van der Waals surface area contributed by atoms with Crippen molar-refractivity contribution in [3.05, 3.63) is 0 Å². The molecule has 0 spiro atoms. The van der Waals surface area contributed by atoms with Crippen LogP contribution < -0.4 is 5.43 Å². The predicted molar refractivity (Wildman–Crippen MR) is 51.7 cm³/mol. The summed E-state index contributed by atoms with van der Waals surface area (Å²) < 4.78 is 0. The Hall–Kier alpha value is -1.50. The summed E-state index contributed by atoms with van der Waals surface area (Å²) in [5, 5.41) is 1.32. The summed E-state index contributed by atoms with van der Waals surface area (Å²) >= 11 is 0. The molecule has 1 unspecified atom stereocenters. The van der Waals surface area contributed by atoms with Crippen LogP contribution in [0.2, 0.25) is 0 Å². The van der Waals surface area contributed by atoms with E-state index in [1.165, 1.54) is 5.01 Å². The minimum atomic E-state index is -0.126. The van der Waals surface area contributed by atoms with Crippen LogP contribution >= 0.6 is 0 Å². The zero-order valence-electron chi connectivity index (χ0n) is 8.25. The first-order chi connectivity index (χ1) is 6.67. The number of hydrogen-bond acceptors (Lipinski definition) is 2. The first-order valence-corrected chi connectivity index (χ1v) is 4.73. The van der Waals surface area contributed by atoms with Crippen molar-refractivity contribution in [1.82, 2.24) is 10.4 Å². The van der Waals surface area contributed by atoms with E-state index >= 15 is 0 Å². The molecule has 1 N–H and O–H groups in total. The fraction of sp³-hybridized carbons (Fsp3) is 0.600. The van der Waals surface area contributed by atoms with E-state index in [2.05, 4.69) is 11.3 Å². The van der Waals surface area contributed by atoms with Crippen LogP contribution in [0.5, 0.6) is 0 Å². The molecule has 0 bridgehead atoms. The lowest BCUT2D eigenvalue weighted by molar-refractivity contribution is -0.138. The van der Waals surface area contributed by atoms with Crippen LogP contribution in [0.4, 0.5) is 0 Å².